The van der Waals surface area contributed by atoms with E-state index in [0.29, 0.717) is 10.8 Å². The Morgan fingerprint density at radius 2 is 2.50 bits per heavy atom. The normalized spacial score (nSPS) is 21.2. The summed E-state index contributed by atoms with van der Waals surface area (Å²) in [6, 6.07) is 0. The number of hydrogen-bond acceptors (Lipinski definition) is 3. The van der Waals surface area contributed by atoms with E-state index in [9.17, 15) is 9.59 Å². The SMILES string of the molecule is O=C(O)/C=C1\NC(=O)CS1. The van der Waals surface area contributed by atoms with Crippen molar-refractivity contribution in [1.82, 2.24) is 5.32 Å². The van der Waals surface area contributed by atoms with Crippen LogP contribution < -0.4 is 5.32 Å². The summed E-state index contributed by atoms with van der Waals surface area (Å²) in [5.74, 6) is -0.860. The zero-order valence-electron chi connectivity index (χ0n) is 4.96. The summed E-state index contributed by atoms with van der Waals surface area (Å²) in [5, 5.41) is 11.0. The molecule has 54 valence electrons. The fourth-order valence-corrected chi connectivity index (χ4v) is 1.27. The van der Waals surface area contributed by atoms with Crippen molar-refractivity contribution in [2.24, 2.45) is 0 Å². The molecule has 0 aromatic rings. The zero-order chi connectivity index (χ0) is 7.56. The average molecular weight is 159 g/mol. The van der Waals surface area contributed by atoms with Gasteiger partial charge in [0.2, 0.25) is 5.91 Å². The second-order valence-electron chi connectivity index (χ2n) is 1.68. The van der Waals surface area contributed by atoms with E-state index in [1.165, 1.54) is 11.8 Å². The van der Waals surface area contributed by atoms with Crippen LogP contribution in [0.4, 0.5) is 0 Å². The molecule has 0 bridgehead atoms. The van der Waals surface area contributed by atoms with Crippen LogP contribution in [0.1, 0.15) is 0 Å². The van der Waals surface area contributed by atoms with E-state index in [2.05, 4.69) is 5.32 Å². The molecule has 1 saturated heterocycles. The fourth-order valence-electron chi connectivity index (χ4n) is 0.543. The van der Waals surface area contributed by atoms with E-state index in [-0.39, 0.29) is 5.91 Å². The lowest BCUT2D eigenvalue weighted by atomic mass is 10.6. The first-order chi connectivity index (χ1) is 4.68. The van der Waals surface area contributed by atoms with Gasteiger partial charge in [0.15, 0.2) is 0 Å². The van der Waals surface area contributed by atoms with Crippen LogP contribution in [0.2, 0.25) is 0 Å². The maximum Gasteiger partial charge on any atom is 0.330 e. The van der Waals surface area contributed by atoms with E-state index >= 15 is 0 Å². The number of carbonyl (C=O) groups excluding carboxylic acids is 1. The number of nitrogens with one attached hydrogen (secondary N) is 1. The van der Waals surface area contributed by atoms with E-state index in [1.807, 2.05) is 0 Å². The van der Waals surface area contributed by atoms with Crippen molar-refractivity contribution in [3.8, 4) is 0 Å². The molecule has 1 rings (SSSR count). The van der Waals surface area contributed by atoms with Crippen molar-refractivity contribution < 1.29 is 14.7 Å². The van der Waals surface area contributed by atoms with Gasteiger partial charge >= 0.3 is 5.97 Å². The minimum atomic E-state index is -1.04. The van der Waals surface area contributed by atoms with Crippen LogP contribution in [0.15, 0.2) is 11.1 Å². The molecule has 2 N–H and O–H groups in total. The number of aliphatic carboxylic acids is 1. The number of carbonyl (C=O) groups is 2. The van der Waals surface area contributed by atoms with Gasteiger partial charge in [-0.1, -0.05) is 11.8 Å². The molecule has 0 aromatic carbocycles. The number of amides is 1. The quantitative estimate of drug-likeness (QED) is 0.519. The highest BCUT2D eigenvalue weighted by Gasteiger charge is 2.15. The third-order valence-corrected chi connectivity index (χ3v) is 1.81. The third-order valence-electron chi connectivity index (χ3n) is 0.876. The highest BCUT2D eigenvalue weighted by atomic mass is 32.2. The predicted molar refractivity (Wildman–Crippen MR) is 36.3 cm³/mol. The summed E-state index contributed by atoms with van der Waals surface area (Å²) in [4.78, 5) is 20.5. The molecule has 10 heavy (non-hydrogen) atoms. The topological polar surface area (TPSA) is 66.4 Å². The Labute approximate surface area is 61.3 Å². The van der Waals surface area contributed by atoms with Crippen LogP contribution >= 0.6 is 11.8 Å². The van der Waals surface area contributed by atoms with Crippen molar-refractivity contribution in [2.75, 3.05) is 5.75 Å². The summed E-state index contributed by atoms with van der Waals surface area (Å²) in [5.41, 5.74) is 0. The van der Waals surface area contributed by atoms with Gasteiger partial charge < -0.3 is 10.4 Å². The van der Waals surface area contributed by atoms with Crippen LogP contribution in [-0.2, 0) is 9.59 Å². The number of carboxylic acids is 1. The molecule has 1 fully saturated rings. The van der Waals surface area contributed by atoms with Gasteiger partial charge in [0.25, 0.3) is 0 Å². The van der Waals surface area contributed by atoms with Gasteiger partial charge in [0.1, 0.15) is 0 Å². The number of thioether (sulfide) groups is 1. The first-order valence-corrected chi connectivity index (χ1v) is 3.54. The van der Waals surface area contributed by atoms with E-state index < -0.39 is 5.97 Å². The van der Waals surface area contributed by atoms with Gasteiger partial charge in [0.05, 0.1) is 16.9 Å². The molecule has 0 aromatic heterocycles. The van der Waals surface area contributed by atoms with E-state index in [0.717, 1.165) is 6.08 Å². The maximum atomic E-state index is 10.5. The predicted octanol–water partition coefficient (Wildman–Crippen LogP) is -0.225. The zero-order valence-corrected chi connectivity index (χ0v) is 5.77. The third kappa shape index (κ3) is 1.77. The molecule has 5 heteroatoms. The summed E-state index contributed by atoms with van der Waals surface area (Å²) in [7, 11) is 0. The molecule has 1 amide bonds. The second-order valence-corrected chi connectivity index (χ2v) is 2.70. The molecule has 1 heterocycles. The Morgan fingerprint density at radius 3 is 2.90 bits per heavy atom. The molecule has 0 atom stereocenters. The summed E-state index contributed by atoms with van der Waals surface area (Å²) in [6.45, 7) is 0. The maximum absolute atomic E-state index is 10.5. The molecule has 0 radical (unpaired) electrons. The Bertz CT molecular complexity index is 211. The molecule has 1 aliphatic rings. The monoisotopic (exact) mass is 159 g/mol. The summed E-state index contributed by atoms with van der Waals surface area (Å²) >= 11 is 1.20. The number of carboxylic acid groups (broad SMARTS) is 1. The Balaban J connectivity index is 2.59. The fraction of sp³-hybridized carbons (Fsp3) is 0.200. The lowest BCUT2D eigenvalue weighted by Gasteiger charge is -1.89. The van der Waals surface area contributed by atoms with Crippen molar-refractivity contribution in [3.63, 3.8) is 0 Å². The van der Waals surface area contributed by atoms with E-state index in [1.54, 1.807) is 0 Å². The van der Waals surface area contributed by atoms with Crippen LogP contribution in [-0.4, -0.2) is 22.7 Å². The van der Waals surface area contributed by atoms with Crippen LogP contribution in [0.25, 0.3) is 0 Å². The Morgan fingerprint density at radius 1 is 1.80 bits per heavy atom. The lowest BCUT2D eigenvalue weighted by Crippen LogP contribution is -2.14. The largest absolute Gasteiger partial charge is 0.478 e. The first-order valence-electron chi connectivity index (χ1n) is 2.56. The lowest BCUT2D eigenvalue weighted by molar-refractivity contribution is -0.131. The van der Waals surface area contributed by atoms with Crippen molar-refractivity contribution in [1.29, 1.82) is 0 Å². The molecule has 0 spiro atoms. The van der Waals surface area contributed by atoms with Crippen LogP contribution in [0.5, 0.6) is 0 Å². The minimum absolute atomic E-state index is 0.141. The average Bonchev–Trinajstić information content (AvgIpc) is 2.13. The smallest absolute Gasteiger partial charge is 0.330 e. The van der Waals surface area contributed by atoms with Gasteiger partial charge in [0, 0.05) is 0 Å². The van der Waals surface area contributed by atoms with Gasteiger partial charge in [-0.05, 0) is 0 Å². The van der Waals surface area contributed by atoms with Crippen LogP contribution in [0.3, 0.4) is 0 Å². The molecule has 0 aliphatic carbocycles. The summed E-state index contributed by atoms with van der Waals surface area (Å²) in [6.07, 6.45) is 0.982. The van der Waals surface area contributed by atoms with Gasteiger partial charge in [-0.15, -0.1) is 0 Å². The molecule has 4 nitrogen and oxygen atoms in total. The first kappa shape index (κ1) is 7.14. The number of hydrogen-bond donors (Lipinski definition) is 2. The minimum Gasteiger partial charge on any atom is -0.478 e. The van der Waals surface area contributed by atoms with Gasteiger partial charge in [-0.3, -0.25) is 4.79 Å². The van der Waals surface area contributed by atoms with Crippen molar-refractivity contribution in [2.45, 2.75) is 0 Å². The second kappa shape index (κ2) is 2.74. The van der Waals surface area contributed by atoms with Crippen LogP contribution in [0, 0.1) is 0 Å². The Kier molecular flexibility index (Phi) is 1.96. The number of rotatable bonds is 1. The molecule has 1 aliphatic heterocycles. The van der Waals surface area contributed by atoms with E-state index in [4.69, 9.17) is 5.11 Å². The molecule has 0 saturated carbocycles. The van der Waals surface area contributed by atoms with Gasteiger partial charge in [-0.2, -0.15) is 0 Å². The van der Waals surface area contributed by atoms with Crippen molar-refractivity contribution in [3.05, 3.63) is 11.1 Å². The van der Waals surface area contributed by atoms with Crippen molar-refractivity contribution >= 4 is 23.6 Å². The molecule has 0 unspecified atom stereocenters. The highest BCUT2D eigenvalue weighted by molar-refractivity contribution is 8.04. The Hall–Kier alpha value is -0.970. The standard InChI is InChI=1S/C5H5NO3S/c7-3-2-10-4(6-3)1-5(8)9/h1H,2H2,(H,6,7)(H,8,9)/b4-1+. The molecular formula is C5H5NO3S. The molecular weight excluding hydrogens is 154 g/mol. The summed E-state index contributed by atoms with van der Waals surface area (Å²) < 4.78 is 0. The van der Waals surface area contributed by atoms with Gasteiger partial charge in [-0.25, -0.2) is 4.79 Å². The highest BCUT2D eigenvalue weighted by Crippen LogP contribution is 2.17.